The summed E-state index contributed by atoms with van der Waals surface area (Å²) in [6.45, 7) is 2.98. The second-order valence-corrected chi connectivity index (χ2v) is 7.96. The first-order valence-corrected chi connectivity index (χ1v) is 10.1. The van der Waals surface area contributed by atoms with Gasteiger partial charge in [-0.05, 0) is 31.2 Å². The highest BCUT2D eigenvalue weighted by Gasteiger charge is 2.58. The number of urea groups is 1. The van der Waals surface area contributed by atoms with Gasteiger partial charge in [-0.1, -0.05) is 36.8 Å². The molecule has 2 saturated heterocycles. The number of amides is 3. The van der Waals surface area contributed by atoms with Crippen LogP contribution in [0.1, 0.15) is 37.7 Å². The van der Waals surface area contributed by atoms with Gasteiger partial charge in [0.05, 0.1) is 13.2 Å². The van der Waals surface area contributed by atoms with Gasteiger partial charge in [-0.15, -0.1) is 0 Å². The smallest absolute Gasteiger partial charge is 0.328 e. The van der Waals surface area contributed by atoms with E-state index >= 15 is 0 Å². The minimum atomic E-state index is -0.694. The van der Waals surface area contributed by atoms with Gasteiger partial charge in [-0.2, -0.15) is 0 Å². The molecule has 27 heavy (non-hydrogen) atoms. The Hall–Kier alpha value is -1.92. The number of ether oxygens (including phenoxy) is 1. The van der Waals surface area contributed by atoms with Crippen LogP contribution < -0.4 is 0 Å². The van der Waals surface area contributed by atoms with Gasteiger partial charge in [0.1, 0.15) is 5.54 Å². The van der Waals surface area contributed by atoms with E-state index in [9.17, 15) is 9.59 Å². The molecule has 3 fully saturated rings. The number of imide groups is 1. The highest BCUT2D eigenvalue weighted by molar-refractivity contribution is 6.07. The molecule has 1 saturated carbocycles. The van der Waals surface area contributed by atoms with Crippen molar-refractivity contribution in [3.8, 4) is 0 Å². The number of hydrogen-bond donors (Lipinski definition) is 0. The third kappa shape index (κ3) is 3.25. The molecule has 3 amide bonds. The van der Waals surface area contributed by atoms with Gasteiger partial charge < -0.3 is 14.5 Å². The van der Waals surface area contributed by atoms with E-state index in [0.29, 0.717) is 25.7 Å². The van der Waals surface area contributed by atoms with E-state index in [1.807, 2.05) is 35.2 Å². The Morgan fingerprint density at radius 3 is 2.41 bits per heavy atom. The molecular formula is C21H29N3O3. The number of methoxy groups -OCH3 is 1. The maximum atomic E-state index is 13.3. The van der Waals surface area contributed by atoms with Crippen molar-refractivity contribution >= 4 is 11.9 Å². The number of carbonyl (C=O) groups is 2. The van der Waals surface area contributed by atoms with Crippen molar-refractivity contribution < 1.29 is 14.3 Å². The number of likely N-dealkylation sites (tertiary alicyclic amines) is 1. The Bertz CT molecular complexity index is 681. The van der Waals surface area contributed by atoms with Crippen LogP contribution in [-0.4, -0.2) is 71.6 Å². The fourth-order valence-corrected chi connectivity index (χ4v) is 4.64. The van der Waals surface area contributed by atoms with E-state index in [1.165, 1.54) is 24.2 Å². The quantitative estimate of drug-likeness (QED) is 0.721. The number of nitrogens with zero attached hydrogens (tertiary/aromatic N) is 3. The van der Waals surface area contributed by atoms with Crippen molar-refractivity contribution in [3.63, 3.8) is 0 Å². The third-order valence-electron chi connectivity index (χ3n) is 6.54. The number of benzene rings is 1. The number of carbonyl (C=O) groups excluding carboxylic acids is 2. The molecule has 2 heterocycles. The Kier molecular flexibility index (Phi) is 5.19. The zero-order valence-electron chi connectivity index (χ0n) is 16.1. The molecule has 0 unspecified atom stereocenters. The van der Waals surface area contributed by atoms with Crippen LogP contribution in [-0.2, 0) is 16.1 Å². The minimum Gasteiger partial charge on any atom is -0.383 e. The summed E-state index contributed by atoms with van der Waals surface area (Å²) < 4.78 is 5.13. The van der Waals surface area contributed by atoms with Crippen molar-refractivity contribution in [1.29, 1.82) is 0 Å². The van der Waals surface area contributed by atoms with Crippen LogP contribution in [0, 0.1) is 0 Å². The number of hydrogen-bond acceptors (Lipinski definition) is 4. The van der Waals surface area contributed by atoms with Crippen molar-refractivity contribution in [2.24, 2.45) is 0 Å². The highest BCUT2D eigenvalue weighted by atomic mass is 16.5. The summed E-state index contributed by atoms with van der Waals surface area (Å²) in [4.78, 5) is 32.3. The predicted octanol–water partition coefficient (Wildman–Crippen LogP) is 2.48. The van der Waals surface area contributed by atoms with Gasteiger partial charge in [0, 0.05) is 32.8 Å². The van der Waals surface area contributed by atoms with Gasteiger partial charge >= 0.3 is 6.03 Å². The fourth-order valence-electron chi connectivity index (χ4n) is 4.64. The largest absolute Gasteiger partial charge is 0.383 e. The molecule has 1 aromatic carbocycles. The van der Waals surface area contributed by atoms with Gasteiger partial charge in [0.15, 0.2) is 0 Å². The average Bonchev–Trinajstić information content (AvgIpc) is 2.83. The number of piperidine rings is 1. The Labute approximate surface area is 161 Å². The third-order valence-corrected chi connectivity index (χ3v) is 6.54. The molecule has 4 rings (SSSR count). The lowest BCUT2D eigenvalue weighted by Crippen LogP contribution is -2.58. The van der Waals surface area contributed by atoms with E-state index in [2.05, 4.69) is 4.90 Å². The maximum absolute atomic E-state index is 13.3. The maximum Gasteiger partial charge on any atom is 0.328 e. The molecule has 146 valence electrons. The van der Waals surface area contributed by atoms with E-state index in [-0.39, 0.29) is 11.9 Å². The van der Waals surface area contributed by atoms with E-state index in [0.717, 1.165) is 31.5 Å². The molecule has 2 aliphatic heterocycles. The van der Waals surface area contributed by atoms with Gasteiger partial charge in [-0.3, -0.25) is 9.69 Å². The first kappa shape index (κ1) is 18.4. The molecule has 0 bridgehead atoms. The summed E-state index contributed by atoms with van der Waals surface area (Å²) in [6, 6.07) is 10.5. The topological polar surface area (TPSA) is 53.1 Å². The lowest BCUT2D eigenvalue weighted by atomic mass is 9.82. The summed E-state index contributed by atoms with van der Waals surface area (Å²) >= 11 is 0. The zero-order valence-corrected chi connectivity index (χ0v) is 16.1. The van der Waals surface area contributed by atoms with Crippen molar-refractivity contribution in [1.82, 2.24) is 14.7 Å². The van der Waals surface area contributed by atoms with Crippen LogP contribution in [0.2, 0.25) is 0 Å². The molecule has 0 N–H and O–H groups in total. The monoisotopic (exact) mass is 371 g/mol. The molecule has 6 nitrogen and oxygen atoms in total. The highest BCUT2D eigenvalue weighted by Crippen LogP contribution is 2.40. The van der Waals surface area contributed by atoms with Crippen LogP contribution in [0.5, 0.6) is 0 Å². The van der Waals surface area contributed by atoms with Crippen molar-refractivity contribution in [2.75, 3.05) is 33.4 Å². The van der Waals surface area contributed by atoms with Crippen LogP contribution >= 0.6 is 0 Å². The number of rotatable bonds is 6. The molecule has 1 spiro atoms. The van der Waals surface area contributed by atoms with Crippen LogP contribution in [0.25, 0.3) is 0 Å². The average molecular weight is 371 g/mol. The normalized spacial score (nSPS) is 23.3. The Morgan fingerprint density at radius 1 is 1.11 bits per heavy atom. The van der Waals surface area contributed by atoms with E-state index in [1.54, 1.807) is 7.11 Å². The molecule has 1 aromatic rings. The second-order valence-electron chi connectivity index (χ2n) is 7.96. The van der Waals surface area contributed by atoms with Crippen LogP contribution in [0.15, 0.2) is 30.3 Å². The standard InChI is InChI=1S/C21H29N3O3/c1-27-15-14-23-19(25)21(10-12-22(13-11-21)18-8-5-9-18)24(20(23)26)16-17-6-3-2-4-7-17/h2-4,6-7,18H,5,8-16H2,1H3. The summed E-state index contributed by atoms with van der Waals surface area (Å²) in [5.41, 5.74) is 0.369. The molecule has 6 heteroatoms. The van der Waals surface area contributed by atoms with Gasteiger partial charge in [0.25, 0.3) is 5.91 Å². The first-order chi connectivity index (χ1) is 13.2. The van der Waals surface area contributed by atoms with E-state index in [4.69, 9.17) is 4.74 Å². The summed E-state index contributed by atoms with van der Waals surface area (Å²) in [5.74, 6) is -0.0336. The molecule has 3 aliphatic rings. The lowest BCUT2D eigenvalue weighted by molar-refractivity contribution is -0.136. The molecular weight excluding hydrogens is 342 g/mol. The Balaban J connectivity index is 1.57. The van der Waals surface area contributed by atoms with Gasteiger partial charge in [0.2, 0.25) is 0 Å². The minimum absolute atomic E-state index is 0.0336. The molecule has 0 aromatic heterocycles. The Morgan fingerprint density at radius 2 is 1.81 bits per heavy atom. The van der Waals surface area contributed by atoms with Crippen molar-refractivity contribution in [2.45, 2.75) is 50.2 Å². The summed E-state index contributed by atoms with van der Waals surface area (Å²) in [5, 5.41) is 0. The zero-order chi connectivity index (χ0) is 18.9. The second kappa shape index (κ2) is 7.60. The van der Waals surface area contributed by atoms with Crippen molar-refractivity contribution in [3.05, 3.63) is 35.9 Å². The first-order valence-electron chi connectivity index (χ1n) is 10.1. The molecule has 0 atom stereocenters. The van der Waals surface area contributed by atoms with Crippen LogP contribution in [0.3, 0.4) is 0 Å². The molecule has 0 radical (unpaired) electrons. The summed E-state index contributed by atoms with van der Waals surface area (Å²) in [7, 11) is 1.60. The van der Waals surface area contributed by atoms with Crippen LogP contribution in [0.4, 0.5) is 4.79 Å². The fraction of sp³-hybridized carbons (Fsp3) is 0.619. The van der Waals surface area contributed by atoms with E-state index < -0.39 is 5.54 Å². The predicted molar refractivity (Wildman–Crippen MR) is 102 cm³/mol. The lowest BCUT2D eigenvalue weighted by Gasteiger charge is -2.46. The van der Waals surface area contributed by atoms with Gasteiger partial charge in [-0.25, -0.2) is 4.79 Å². The SMILES string of the molecule is COCCN1C(=O)N(Cc2ccccc2)C2(CCN(C3CCC3)CC2)C1=O. The summed E-state index contributed by atoms with van der Waals surface area (Å²) in [6.07, 6.45) is 5.31. The molecule has 1 aliphatic carbocycles.